The molecule has 3 rings (SSSR count). The normalized spacial score (nSPS) is 10.2. The molecule has 2 amide bonds. The van der Waals surface area contributed by atoms with Crippen molar-refractivity contribution in [3.8, 4) is 5.75 Å². The summed E-state index contributed by atoms with van der Waals surface area (Å²) in [7, 11) is 1.53. The van der Waals surface area contributed by atoms with Gasteiger partial charge in [0, 0.05) is 0 Å². The molecule has 7 nitrogen and oxygen atoms in total. The van der Waals surface area contributed by atoms with Crippen molar-refractivity contribution in [1.29, 1.82) is 0 Å². The number of amides is 2. The van der Waals surface area contributed by atoms with E-state index in [9.17, 15) is 4.79 Å². The van der Waals surface area contributed by atoms with Gasteiger partial charge in [0.2, 0.25) is 5.89 Å². The fraction of sp³-hybridized carbons (Fsp3) is 0.118. The number of aromatic nitrogens is 2. The van der Waals surface area contributed by atoms with Gasteiger partial charge >= 0.3 is 12.0 Å². The number of carbonyl (C=O) groups is 1. The molecular weight excluding hydrogens is 308 g/mol. The first-order chi connectivity index (χ1) is 11.7. The van der Waals surface area contributed by atoms with E-state index in [0.29, 0.717) is 23.7 Å². The molecule has 1 heterocycles. The number of urea groups is 1. The van der Waals surface area contributed by atoms with E-state index in [1.165, 1.54) is 7.11 Å². The molecule has 0 saturated carbocycles. The molecule has 24 heavy (non-hydrogen) atoms. The minimum Gasteiger partial charge on any atom is -0.495 e. The first kappa shape index (κ1) is 15.5. The van der Waals surface area contributed by atoms with Crippen molar-refractivity contribution in [2.45, 2.75) is 6.42 Å². The highest BCUT2D eigenvalue weighted by atomic mass is 16.5. The fourth-order valence-electron chi connectivity index (χ4n) is 2.14. The Morgan fingerprint density at radius 1 is 1.04 bits per heavy atom. The maximum Gasteiger partial charge on any atom is 0.327 e. The highest BCUT2D eigenvalue weighted by Crippen LogP contribution is 2.23. The number of benzene rings is 2. The van der Waals surface area contributed by atoms with Gasteiger partial charge in [-0.25, -0.2) is 4.79 Å². The SMILES string of the molecule is COc1ccccc1NC(=O)Nc1nnc(Cc2ccccc2)o1. The van der Waals surface area contributed by atoms with Gasteiger partial charge < -0.3 is 14.5 Å². The maximum atomic E-state index is 12.0. The molecule has 122 valence electrons. The molecule has 0 saturated heterocycles. The van der Waals surface area contributed by atoms with Crippen molar-refractivity contribution in [3.05, 3.63) is 66.1 Å². The van der Waals surface area contributed by atoms with Crippen LogP contribution >= 0.6 is 0 Å². The number of ether oxygens (including phenoxy) is 1. The van der Waals surface area contributed by atoms with Crippen molar-refractivity contribution in [2.24, 2.45) is 0 Å². The van der Waals surface area contributed by atoms with E-state index < -0.39 is 6.03 Å². The van der Waals surface area contributed by atoms with Crippen molar-refractivity contribution in [1.82, 2.24) is 10.2 Å². The summed E-state index contributed by atoms with van der Waals surface area (Å²) in [6.45, 7) is 0. The van der Waals surface area contributed by atoms with Crippen LogP contribution in [0.3, 0.4) is 0 Å². The number of nitrogens with one attached hydrogen (secondary N) is 2. The zero-order valence-electron chi connectivity index (χ0n) is 13.0. The van der Waals surface area contributed by atoms with Gasteiger partial charge in [0.15, 0.2) is 0 Å². The molecule has 2 aromatic carbocycles. The Balaban J connectivity index is 1.61. The van der Waals surface area contributed by atoms with Crippen LogP contribution in [0.4, 0.5) is 16.5 Å². The molecule has 0 aliphatic carbocycles. The summed E-state index contributed by atoms with van der Waals surface area (Å²) in [6, 6.07) is 16.4. The molecular formula is C17H16N4O3. The third-order valence-electron chi connectivity index (χ3n) is 3.24. The third-order valence-corrected chi connectivity index (χ3v) is 3.24. The van der Waals surface area contributed by atoms with Gasteiger partial charge in [-0.3, -0.25) is 5.32 Å². The molecule has 3 aromatic rings. The standard InChI is InChI=1S/C17H16N4O3/c1-23-14-10-6-5-9-13(14)18-16(22)19-17-21-20-15(24-17)11-12-7-3-2-4-8-12/h2-10H,11H2,1H3,(H2,18,19,21,22). The summed E-state index contributed by atoms with van der Waals surface area (Å²) in [4.78, 5) is 12.0. The van der Waals surface area contributed by atoms with E-state index in [1.807, 2.05) is 36.4 Å². The number of anilines is 2. The van der Waals surface area contributed by atoms with Crippen LogP contribution in [0.2, 0.25) is 0 Å². The average molecular weight is 324 g/mol. The molecule has 0 bridgehead atoms. The lowest BCUT2D eigenvalue weighted by Crippen LogP contribution is -2.20. The summed E-state index contributed by atoms with van der Waals surface area (Å²) < 4.78 is 10.6. The lowest BCUT2D eigenvalue weighted by molar-refractivity contribution is 0.261. The number of para-hydroxylation sites is 2. The topological polar surface area (TPSA) is 89.3 Å². The number of hydrogen-bond donors (Lipinski definition) is 2. The number of carbonyl (C=O) groups excluding carboxylic acids is 1. The lowest BCUT2D eigenvalue weighted by Gasteiger charge is -2.09. The molecule has 0 aliphatic rings. The van der Waals surface area contributed by atoms with Gasteiger partial charge in [-0.05, 0) is 17.7 Å². The Hall–Kier alpha value is -3.35. The van der Waals surface area contributed by atoms with Crippen LogP contribution in [0.1, 0.15) is 11.5 Å². The Morgan fingerprint density at radius 2 is 1.79 bits per heavy atom. The zero-order chi connectivity index (χ0) is 16.8. The fourth-order valence-corrected chi connectivity index (χ4v) is 2.14. The van der Waals surface area contributed by atoms with Crippen LogP contribution in [-0.2, 0) is 6.42 Å². The van der Waals surface area contributed by atoms with Crippen molar-refractivity contribution in [3.63, 3.8) is 0 Å². The number of nitrogens with zero attached hydrogens (tertiary/aromatic N) is 2. The second kappa shape index (κ2) is 7.28. The highest BCUT2D eigenvalue weighted by molar-refractivity contribution is 5.99. The summed E-state index contributed by atoms with van der Waals surface area (Å²) in [5, 5.41) is 12.9. The Labute approximate surface area is 138 Å². The quantitative estimate of drug-likeness (QED) is 0.751. The number of hydrogen-bond acceptors (Lipinski definition) is 5. The summed E-state index contributed by atoms with van der Waals surface area (Å²) in [5.74, 6) is 0.983. The molecule has 7 heteroatoms. The molecule has 2 N–H and O–H groups in total. The average Bonchev–Trinajstić information content (AvgIpc) is 3.03. The van der Waals surface area contributed by atoms with Crippen LogP contribution in [0.15, 0.2) is 59.0 Å². The van der Waals surface area contributed by atoms with Gasteiger partial charge in [-0.15, -0.1) is 5.10 Å². The Kier molecular flexibility index (Phi) is 4.71. The van der Waals surface area contributed by atoms with Crippen LogP contribution in [0.25, 0.3) is 0 Å². The Bertz CT molecular complexity index is 817. The van der Waals surface area contributed by atoms with E-state index in [2.05, 4.69) is 20.8 Å². The van der Waals surface area contributed by atoms with E-state index in [1.54, 1.807) is 18.2 Å². The molecule has 0 radical (unpaired) electrons. The predicted octanol–water partition coefficient (Wildman–Crippen LogP) is 3.31. The number of rotatable bonds is 5. The van der Waals surface area contributed by atoms with Gasteiger partial charge in [-0.1, -0.05) is 47.6 Å². The van der Waals surface area contributed by atoms with E-state index >= 15 is 0 Å². The van der Waals surface area contributed by atoms with Gasteiger partial charge in [-0.2, -0.15) is 0 Å². The van der Waals surface area contributed by atoms with Crippen LogP contribution in [0, 0.1) is 0 Å². The summed E-state index contributed by atoms with van der Waals surface area (Å²) in [6.07, 6.45) is 0.504. The molecule has 0 aliphatic heterocycles. The maximum absolute atomic E-state index is 12.0. The van der Waals surface area contributed by atoms with Crippen molar-refractivity contribution >= 4 is 17.7 Å². The first-order valence-corrected chi connectivity index (χ1v) is 7.32. The lowest BCUT2D eigenvalue weighted by atomic mass is 10.2. The van der Waals surface area contributed by atoms with Gasteiger partial charge in [0.05, 0.1) is 19.2 Å². The van der Waals surface area contributed by atoms with E-state index in [-0.39, 0.29) is 6.01 Å². The van der Waals surface area contributed by atoms with Crippen LogP contribution in [0.5, 0.6) is 5.75 Å². The van der Waals surface area contributed by atoms with Gasteiger partial charge in [0.25, 0.3) is 0 Å². The van der Waals surface area contributed by atoms with Crippen molar-refractivity contribution in [2.75, 3.05) is 17.7 Å². The van der Waals surface area contributed by atoms with Gasteiger partial charge in [0.1, 0.15) is 5.75 Å². The van der Waals surface area contributed by atoms with E-state index in [0.717, 1.165) is 5.56 Å². The minimum absolute atomic E-state index is 0.0355. The smallest absolute Gasteiger partial charge is 0.327 e. The molecule has 0 atom stereocenters. The van der Waals surface area contributed by atoms with Crippen LogP contribution < -0.4 is 15.4 Å². The monoisotopic (exact) mass is 324 g/mol. The van der Waals surface area contributed by atoms with Crippen LogP contribution in [-0.4, -0.2) is 23.3 Å². The largest absolute Gasteiger partial charge is 0.495 e. The Morgan fingerprint density at radius 3 is 2.58 bits per heavy atom. The zero-order valence-corrected chi connectivity index (χ0v) is 13.0. The summed E-state index contributed by atoms with van der Waals surface area (Å²) in [5.41, 5.74) is 1.59. The molecule has 1 aromatic heterocycles. The second-order valence-corrected chi connectivity index (χ2v) is 4.94. The predicted molar refractivity (Wildman–Crippen MR) is 89.2 cm³/mol. The third kappa shape index (κ3) is 3.89. The first-order valence-electron chi connectivity index (χ1n) is 7.32. The molecule has 0 spiro atoms. The number of methoxy groups -OCH3 is 1. The van der Waals surface area contributed by atoms with Crippen molar-refractivity contribution < 1.29 is 13.9 Å². The molecule has 0 unspecified atom stereocenters. The van der Waals surface area contributed by atoms with E-state index in [4.69, 9.17) is 9.15 Å². The second-order valence-electron chi connectivity index (χ2n) is 4.94. The highest BCUT2D eigenvalue weighted by Gasteiger charge is 2.12. The molecule has 0 fully saturated rings. The minimum atomic E-state index is -0.491. The summed E-state index contributed by atoms with van der Waals surface area (Å²) >= 11 is 0.